The van der Waals surface area contributed by atoms with Crippen molar-refractivity contribution < 1.29 is 18.0 Å². The van der Waals surface area contributed by atoms with Gasteiger partial charge in [0.25, 0.3) is 10.0 Å². The van der Waals surface area contributed by atoms with E-state index in [2.05, 4.69) is 5.32 Å². The molecule has 0 aliphatic rings. The predicted octanol–water partition coefficient (Wildman–Crippen LogP) is 6.62. The molecule has 0 spiro atoms. The lowest BCUT2D eigenvalue weighted by atomic mass is 10.0. The molecule has 4 rings (SSSR count). The monoisotopic (exact) mass is 657 g/mol. The number of halogens is 3. The third-order valence-electron chi connectivity index (χ3n) is 6.61. The second kappa shape index (κ2) is 14.8. The van der Waals surface area contributed by atoms with Gasteiger partial charge in [0.1, 0.15) is 12.6 Å². The second-order valence-electron chi connectivity index (χ2n) is 9.70. The van der Waals surface area contributed by atoms with E-state index in [-0.39, 0.29) is 39.5 Å². The van der Waals surface area contributed by atoms with Crippen LogP contribution >= 0.6 is 34.8 Å². The normalized spacial score (nSPS) is 11.9. The zero-order chi connectivity index (χ0) is 31.0. The number of likely N-dealkylation sites (N-methyl/N-ethyl adjacent to an activating group) is 1. The van der Waals surface area contributed by atoms with Crippen LogP contribution < -0.4 is 9.62 Å². The summed E-state index contributed by atoms with van der Waals surface area (Å²) in [5, 5.41) is 3.69. The first-order valence-electron chi connectivity index (χ1n) is 13.5. The molecule has 224 valence electrons. The van der Waals surface area contributed by atoms with Gasteiger partial charge >= 0.3 is 0 Å². The second-order valence-corrected chi connectivity index (χ2v) is 12.9. The van der Waals surface area contributed by atoms with Gasteiger partial charge in [-0.1, -0.05) is 95.5 Å². The average Bonchev–Trinajstić information content (AvgIpc) is 2.98. The summed E-state index contributed by atoms with van der Waals surface area (Å²) >= 11 is 18.8. The van der Waals surface area contributed by atoms with E-state index in [9.17, 15) is 18.0 Å². The Labute approximate surface area is 267 Å². The largest absolute Gasteiger partial charge is 0.355 e. The van der Waals surface area contributed by atoms with Crippen molar-refractivity contribution in [3.05, 3.63) is 129 Å². The number of anilines is 1. The summed E-state index contributed by atoms with van der Waals surface area (Å²) in [6.07, 6.45) is 0.202. The molecule has 7 nitrogen and oxygen atoms in total. The van der Waals surface area contributed by atoms with Crippen LogP contribution in [0.4, 0.5) is 5.69 Å². The molecule has 0 heterocycles. The third kappa shape index (κ3) is 8.51. The fraction of sp³-hybridized carbons (Fsp3) is 0.188. The quantitative estimate of drug-likeness (QED) is 0.185. The van der Waals surface area contributed by atoms with Crippen molar-refractivity contribution in [2.24, 2.45) is 0 Å². The van der Waals surface area contributed by atoms with E-state index in [1.807, 2.05) is 30.3 Å². The van der Waals surface area contributed by atoms with E-state index in [0.717, 1.165) is 9.87 Å². The highest BCUT2D eigenvalue weighted by Gasteiger charge is 2.34. The maximum Gasteiger partial charge on any atom is 0.264 e. The maximum atomic E-state index is 14.3. The van der Waals surface area contributed by atoms with Crippen LogP contribution in [0.15, 0.2) is 108 Å². The van der Waals surface area contributed by atoms with Crippen molar-refractivity contribution in [3.63, 3.8) is 0 Å². The van der Waals surface area contributed by atoms with Gasteiger partial charge in [-0.05, 0) is 60.5 Å². The fourth-order valence-electron chi connectivity index (χ4n) is 4.61. The molecule has 43 heavy (non-hydrogen) atoms. The van der Waals surface area contributed by atoms with Gasteiger partial charge in [0.15, 0.2) is 0 Å². The minimum Gasteiger partial charge on any atom is -0.355 e. The minimum absolute atomic E-state index is 0.00353. The molecule has 0 aliphatic carbocycles. The predicted molar refractivity (Wildman–Crippen MR) is 172 cm³/mol. The molecule has 0 radical (unpaired) electrons. The number of carbonyl (C=O) groups is 2. The van der Waals surface area contributed by atoms with Crippen LogP contribution in [0.3, 0.4) is 0 Å². The Morgan fingerprint density at radius 2 is 1.37 bits per heavy atom. The molecular weight excluding hydrogens is 629 g/mol. The number of amides is 2. The summed E-state index contributed by atoms with van der Waals surface area (Å²) in [7, 11) is -4.26. The summed E-state index contributed by atoms with van der Waals surface area (Å²) in [6.45, 7) is 1.51. The molecule has 0 unspecified atom stereocenters. The molecule has 2 amide bonds. The minimum atomic E-state index is -4.26. The highest BCUT2D eigenvalue weighted by atomic mass is 35.5. The molecule has 0 saturated carbocycles. The smallest absolute Gasteiger partial charge is 0.264 e. The van der Waals surface area contributed by atoms with Crippen molar-refractivity contribution in [3.8, 4) is 0 Å². The van der Waals surface area contributed by atoms with E-state index in [1.54, 1.807) is 49.4 Å². The first kappa shape index (κ1) is 32.4. The third-order valence-corrected chi connectivity index (χ3v) is 9.07. The van der Waals surface area contributed by atoms with Crippen molar-refractivity contribution in [2.75, 3.05) is 17.4 Å². The van der Waals surface area contributed by atoms with Crippen LogP contribution in [0, 0.1) is 0 Å². The number of nitrogens with zero attached hydrogens (tertiary/aromatic N) is 2. The number of hydrogen-bond donors (Lipinski definition) is 1. The van der Waals surface area contributed by atoms with Gasteiger partial charge in [0.05, 0.1) is 10.6 Å². The summed E-state index contributed by atoms with van der Waals surface area (Å²) in [5.74, 6) is -0.979. The number of carbonyl (C=O) groups excluding carboxylic acids is 2. The standard InChI is InChI=1S/C32H30Cl3N3O4S/c1-2-36-32(40)30(17-23-10-5-3-6-11-23)37(21-24-12-9-13-25(33)16-24)31(39)22-38(28-19-26(34)18-27(35)20-28)43(41,42)29-14-7-4-8-15-29/h3-16,18-20,30H,2,17,21-22H2,1H3,(H,36,40)/t30-/m0/s1. The Morgan fingerprint density at radius 1 is 0.767 bits per heavy atom. The lowest BCUT2D eigenvalue weighted by molar-refractivity contribution is -0.140. The Bertz CT molecular complexity index is 1650. The van der Waals surface area contributed by atoms with Crippen LogP contribution in [0.2, 0.25) is 15.1 Å². The van der Waals surface area contributed by atoms with E-state index >= 15 is 0 Å². The molecule has 4 aromatic carbocycles. The van der Waals surface area contributed by atoms with Gasteiger partial charge in [-0.15, -0.1) is 0 Å². The van der Waals surface area contributed by atoms with Gasteiger partial charge in [-0.2, -0.15) is 0 Å². The molecular formula is C32H30Cl3N3O4S. The van der Waals surface area contributed by atoms with Gasteiger partial charge in [-0.3, -0.25) is 13.9 Å². The number of benzene rings is 4. The highest BCUT2D eigenvalue weighted by Crippen LogP contribution is 2.30. The molecule has 11 heteroatoms. The molecule has 1 atom stereocenters. The van der Waals surface area contributed by atoms with Crippen LogP contribution in [0.25, 0.3) is 0 Å². The van der Waals surface area contributed by atoms with E-state index in [4.69, 9.17) is 34.8 Å². The van der Waals surface area contributed by atoms with E-state index < -0.39 is 28.5 Å². The summed E-state index contributed by atoms with van der Waals surface area (Å²) in [6, 6.07) is 27.4. The van der Waals surface area contributed by atoms with Gasteiger partial charge in [0.2, 0.25) is 11.8 Å². The van der Waals surface area contributed by atoms with Crippen LogP contribution in [0.5, 0.6) is 0 Å². The van der Waals surface area contributed by atoms with Crippen molar-refractivity contribution in [1.29, 1.82) is 0 Å². The number of nitrogens with one attached hydrogen (secondary N) is 1. The Morgan fingerprint density at radius 3 is 1.98 bits per heavy atom. The van der Waals surface area contributed by atoms with Crippen molar-refractivity contribution >= 4 is 62.3 Å². The highest BCUT2D eigenvalue weighted by molar-refractivity contribution is 7.92. The number of rotatable bonds is 12. The molecule has 0 aliphatic heterocycles. The summed E-state index contributed by atoms with van der Waals surface area (Å²) in [4.78, 5) is 29.2. The Balaban J connectivity index is 1.81. The summed E-state index contributed by atoms with van der Waals surface area (Å²) < 4.78 is 28.9. The fourth-order valence-corrected chi connectivity index (χ4v) is 6.76. The molecule has 1 N–H and O–H groups in total. The SMILES string of the molecule is CCNC(=O)[C@H](Cc1ccccc1)N(Cc1cccc(Cl)c1)C(=O)CN(c1cc(Cl)cc(Cl)c1)S(=O)(=O)c1ccccc1. The first-order chi connectivity index (χ1) is 20.6. The molecule has 4 aromatic rings. The zero-order valence-corrected chi connectivity index (χ0v) is 26.4. The lowest BCUT2D eigenvalue weighted by Gasteiger charge is -2.34. The number of hydrogen-bond acceptors (Lipinski definition) is 4. The van der Waals surface area contributed by atoms with Crippen LogP contribution in [-0.4, -0.2) is 44.3 Å². The van der Waals surface area contributed by atoms with Gasteiger partial charge < -0.3 is 10.2 Å². The summed E-state index contributed by atoms with van der Waals surface area (Å²) in [5.41, 5.74) is 1.61. The number of sulfonamides is 1. The topological polar surface area (TPSA) is 86.8 Å². The van der Waals surface area contributed by atoms with E-state index in [0.29, 0.717) is 17.1 Å². The molecule has 0 fully saturated rings. The van der Waals surface area contributed by atoms with Crippen LogP contribution in [0.1, 0.15) is 18.1 Å². The lowest BCUT2D eigenvalue weighted by Crippen LogP contribution is -2.53. The molecule has 0 bridgehead atoms. The Kier molecular flexibility index (Phi) is 11.1. The van der Waals surface area contributed by atoms with Gasteiger partial charge in [-0.25, -0.2) is 8.42 Å². The maximum absolute atomic E-state index is 14.3. The Hall–Kier alpha value is -3.56. The average molecular weight is 659 g/mol. The molecule has 0 saturated heterocycles. The van der Waals surface area contributed by atoms with Crippen LogP contribution in [-0.2, 0) is 32.6 Å². The first-order valence-corrected chi connectivity index (χ1v) is 16.1. The van der Waals surface area contributed by atoms with Crippen molar-refractivity contribution in [1.82, 2.24) is 10.2 Å². The zero-order valence-electron chi connectivity index (χ0n) is 23.3. The van der Waals surface area contributed by atoms with E-state index in [1.165, 1.54) is 35.2 Å². The van der Waals surface area contributed by atoms with Gasteiger partial charge in [0, 0.05) is 34.6 Å². The molecule has 0 aromatic heterocycles. The van der Waals surface area contributed by atoms with Crippen molar-refractivity contribution in [2.45, 2.75) is 30.8 Å².